The van der Waals surface area contributed by atoms with Crippen LogP contribution in [0.15, 0.2) is 12.4 Å². The van der Waals surface area contributed by atoms with Crippen molar-refractivity contribution in [2.45, 2.75) is 44.2 Å². The summed E-state index contributed by atoms with van der Waals surface area (Å²) in [6.45, 7) is 2.23. The normalized spacial score (nSPS) is 25.2. The van der Waals surface area contributed by atoms with Gasteiger partial charge in [-0.05, 0) is 39.2 Å². The third kappa shape index (κ3) is 2.18. The third-order valence-electron chi connectivity index (χ3n) is 3.91. The largest absolute Gasteiger partial charge is 0.338 e. The molecule has 0 bridgehead atoms. The molecule has 0 amide bonds. The molecule has 1 saturated heterocycles. The lowest BCUT2D eigenvalue weighted by molar-refractivity contribution is 0.434. The summed E-state index contributed by atoms with van der Waals surface area (Å²) in [5.74, 6) is 1.20. The smallest absolute Gasteiger partial charge is 0.205 e. The number of imidazole rings is 1. The van der Waals surface area contributed by atoms with Crippen LogP contribution in [0.2, 0.25) is 0 Å². The van der Waals surface area contributed by atoms with Crippen molar-refractivity contribution < 1.29 is 0 Å². The molecule has 1 aromatic rings. The third-order valence-corrected chi connectivity index (χ3v) is 3.91. The van der Waals surface area contributed by atoms with Gasteiger partial charge in [0, 0.05) is 37.6 Å². The summed E-state index contributed by atoms with van der Waals surface area (Å²) < 4.78 is 2.38. The number of hydrogen-bond acceptors (Lipinski definition) is 3. The van der Waals surface area contributed by atoms with Crippen molar-refractivity contribution in [1.29, 1.82) is 0 Å². The molecule has 4 nitrogen and oxygen atoms in total. The standard InChI is InChI=1S/C13H22N4/c1-14-10-12-4-2-3-8-16(12)13-15-7-9-17(13)11-5-6-11/h7,9,11-12,14H,2-6,8,10H2,1H3. The van der Waals surface area contributed by atoms with Gasteiger partial charge in [0.15, 0.2) is 0 Å². The SMILES string of the molecule is CNCC1CCCCN1c1nccn1C1CC1. The zero-order chi connectivity index (χ0) is 11.7. The Labute approximate surface area is 103 Å². The quantitative estimate of drug-likeness (QED) is 0.862. The van der Waals surface area contributed by atoms with Gasteiger partial charge in [0.25, 0.3) is 0 Å². The molecule has 1 unspecified atom stereocenters. The van der Waals surface area contributed by atoms with Crippen LogP contribution in [0, 0.1) is 0 Å². The Morgan fingerprint density at radius 3 is 3.00 bits per heavy atom. The fourth-order valence-corrected chi connectivity index (χ4v) is 2.88. The number of hydrogen-bond donors (Lipinski definition) is 1. The van der Waals surface area contributed by atoms with Crippen LogP contribution in [-0.2, 0) is 0 Å². The minimum Gasteiger partial charge on any atom is -0.338 e. The Morgan fingerprint density at radius 1 is 1.35 bits per heavy atom. The summed E-state index contributed by atoms with van der Waals surface area (Å²) in [6, 6.07) is 1.35. The van der Waals surface area contributed by atoms with Gasteiger partial charge in [-0.2, -0.15) is 0 Å². The maximum Gasteiger partial charge on any atom is 0.205 e. The number of nitrogens with one attached hydrogen (secondary N) is 1. The highest BCUT2D eigenvalue weighted by molar-refractivity contribution is 5.35. The number of rotatable bonds is 4. The summed E-state index contributed by atoms with van der Waals surface area (Å²) in [5, 5.41) is 3.31. The van der Waals surface area contributed by atoms with Crippen molar-refractivity contribution in [3.63, 3.8) is 0 Å². The summed E-state index contributed by atoms with van der Waals surface area (Å²) in [4.78, 5) is 7.11. The van der Waals surface area contributed by atoms with Crippen LogP contribution in [0.25, 0.3) is 0 Å². The number of likely N-dealkylation sites (N-methyl/N-ethyl adjacent to an activating group) is 1. The predicted octanol–water partition coefficient (Wildman–Crippen LogP) is 1.80. The van der Waals surface area contributed by atoms with Gasteiger partial charge in [-0.25, -0.2) is 4.98 Å². The maximum absolute atomic E-state index is 4.59. The van der Waals surface area contributed by atoms with E-state index in [1.54, 1.807) is 0 Å². The van der Waals surface area contributed by atoms with Gasteiger partial charge in [0.05, 0.1) is 0 Å². The van der Waals surface area contributed by atoms with E-state index in [0.717, 1.165) is 19.1 Å². The number of piperidine rings is 1. The van der Waals surface area contributed by atoms with Gasteiger partial charge >= 0.3 is 0 Å². The molecular formula is C13H22N4. The van der Waals surface area contributed by atoms with Crippen LogP contribution < -0.4 is 10.2 Å². The molecule has 3 rings (SSSR count). The Kier molecular flexibility index (Phi) is 3.05. The Balaban J connectivity index is 1.81. The molecule has 2 heterocycles. The molecule has 1 saturated carbocycles. The highest BCUT2D eigenvalue weighted by Gasteiger charge is 2.30. The van der Waals surface area contributed by atoms with E-state index in [-0.39, 0.29) is 0 Å². The lowest BCUT2D eigenvalue weighted by Gasteiger charge is -2.36. The highest BCUT2D eigenvalue weighted by atomic mass is 15.3. The molecule has 2 fully saturated rings. The zero-order valence-electron chi connectivity index (χ0n) is 10.6. The number of aromatic nitrogens is 2. The fourth-order valence-electron chi connectivity index (χ4n) is 2.88. The monoisotopic (exact) mass is 234 g/mol. The Morgan fingerprint density at radius 2 is 2.24 bits per heavy atom. The second-order valence-corrected chi connectivity index (χ2v) is 5.27. The van der Waals surface area contributed by atoms with Crippen molar-refractivity contribution in [3.05, 3.63) is 12.4 Å². The van der Waals surface area contributed by atoms with Gasteiger partial charge in [-0.15, -0.1) is 0 Å². The lowest BCUT2D eigenvalue weighted by Crippen LogP contribution is -2.46. The minimum absolute atomic E-state index is 0.619. The number of anilines is 1. The molecule has 1 aromatic heterocycles. The first-order valence-corrected chi connectivity index (χ1v) is 6.84. The first-order valence-electron chi connectivity index (χ1n) is 6.84. The van der Waals surface area contributed by atoms with Crippen LogP contribution in [0.3, 0.4) is 0 Å². The highest BCUT2D eigenvalue weighted by Crippen LogP contribution is 2.38. The van der Waals surface area contributed by atoms with Crippen LogP contribution in [-0.4, -0.2) is 35.7 Å². The van der Waals surface area contributed by atoms with E-state index in [2.05, 4.69) is 26.0 Å². The van der Waals surface area contributed by atoms with E-state index in [1.807, 2.05) is 13.2 Å². The van der Waals surface area contributed by atoms with E-state index >= 15 is 0 Å². The molecule has 1 atom stereocenters. The fraction of sp³-hybridized carbons (Fsp3) is 0.769. The van der Waals surface area contributed by atoms with Crippen LogP contribution in [0.4, 0.5) is 5.95 Å². The Hall–Kier alpha value is -1.03. The summed E-state index contributed by atoms with van der Waals surface area (Å²) in [7, 11) is 2.04. The lowest BCUT2D eigenvalue weighted by atomic mass is 10.0. The van der Waals surface area contributed by atoms with E-state index in [4.69, 9.17) is 0 Å². The van der Waals surface area contributed by atoms with Crippen molar-refractivity contribution in [1.82, 2.24) is 14.9 Å². The molecule has 0 radical (unpaired) electrons. The first kappa shape index (κ1) is 11.1. The number of nitrogens with zero attached hydrogens (tertiary/aromatic N) is 3. The molecule has 94 valence electrons. The second-order valence-electron chi connectivity index (χ2n) is 5.27. The topological polar surface area (TPSA) is 33.1 Å². The van der Waals surface area contributed by atoms with Crippen molar-refractivity contribution in [2.75, 3.05) is 25.0 Å². The summed E-state index contributed by atoms with van der Waals surface area (Å²) >= 11 is 0. The summed E-state index contributed by atoms with van der Waals surface area (Å²) in [6.07, 6.45) is 10.7. The van der Waals surface area contributed by atoms with Gasteiger partial charge < -0.3 is 14.8 Å². The molecule has 2 aliphatic rings. The molecule has 1 N–H and O–H groups in total. The van der Waals surface area contributed by atoms with Crippen LogP contribution >= 0.6 is 0 Å². The van der Waals surface area contributed by atoms with E-state index in [0.29, 0.717) is 6.04 Å². The summed E-state index contributed by atoms with van der Waals surface area (Å²) in [5.41, 5.74) is 0. The van der Waals surface area contributed by atoms with Crippen LogP contribution in [0.5, 0.6) is 0 Å². The van der Waals surface area contributed by atoms with Crippen molar-refractivity contribution >= 4 is 5.95 Å². The average Bonchev–Trinajstić information content (AvgIpc) is 3.09. The molecule has 1 aliphatic carbocycles. The first-order chi connectivity index (χ1) is 8.40. The molecular weight excluding hydrogens is 212 g/mol. The zero-order valence-corrected chi connectivity index (χ0v) is 10.6. The molecule has 0 aromatic carbocycles. The molecule has 17 heavy (non-hydrogen) atoms. The maximum atomic E-state index is 4.59. The molecule has 1 aliphatic heterocycles. The van der Waals surface area contributed by atoms with Gasteiger partial charge in [0.2, 0.25) is 5.95 Å². The van der Waals surface area contributed by atoms with Crippen molar-refractivity contribution in [2.24, 2.45) is 0 Å². The van der Waals surface area contributed by atoms with Gasteiger partial charge in [-0.3, -0.25) is 0 Å². The van der Waals surface area contributed by atoms with E-state index in [9.17, 15) is 0 Å². The average molecular weight is 234 g/mol. The Bertz CT molecular complexity index is 367. The molecule has 0 spiro atoms. The minimum atomic E-state index is 0.619. The van der Waals surface area contributed by atoms with E-state index in [1.165, 1.54) is 38.1 Å². The second kappa shape index (κ2) is 4.69. The van der Waals surface area contributed by atoms with Gasteiger partial charge in [-0.1, -0.05) is 0 Å². The van der Waals surface area contributed by atoms with Crippen LogP contribution in [0.1, 0.15) is 38.1 Å². The predicted molar refractivity (Wildman–Crippen MR) is 69.4 cm³/mol. The molecule has 4 heteroatoms. The van der Waals surface area contributed by atoms with Gasteiger partial charge in [0.1, 0.15) is 0 Å². The van der Waals surface area contributed by atoms with Crippen molar-refractivity contribution in [3.8, 4) is 0 Å². The van der Waals surface area contributed by atoms with E-state index < -0.39 is 0 Å².